The van der Waals surface area contributed by atoms with Gasteiger partial charge in [0, 0.05) is 33.2 Å². The second-order valence-electron chi connectivity index (χ2n) is 5.99. The first-order chi connectivity index (χ1) is 12.5. The fourth-order valence-corrected chi connectivity index (χ4v) is 3.27. The van der Waals surface area contributed by atoms with Crippen LogP contribution >= 0.6 is 11.6 Å². The van der Waals surface area contributed by atoms with Crippen molar-refractivity contribution in [1.82, 2.24) is 14.8 Å². The van der Waals surface area contributed by atoms with E-state index in [2.05, 4.69) is 10.1 Å². The number of hydrogen-bond donors (Lipinski definition) is 1. The van der Waals surface area contributed by atoms with Crippen LogP contribution in [0.2, 0.25) is 5.02 Å². The van der Waals surface area contributed by atoms with Crippen molar-refractivity contribution in [2.24, 2.45) is 5.73 Å². The molecule has 26 heavy (non-hydrogen) atoms. The summed E-state index contributed by atoms with van der Waals surface area (Å²) in [5.41, 5.74) is 9.07. The summed E-state index contributed by atoms with van der Waals surface area (Å²) in [5.74, 6) is -0.548. The minimum absolute atomic E-state index is 0.239. The lowest BCUT2D eigenvalue weighted by atomic mass is 10.0. The molecule has 2 aromatic carbocycles. The molecule has 1 amide bonds. The maximum Gasteiger partial charge on any atom is 0.269 e. The summed E-state index contributed by atoms with van der Waals surface area (Å²) in [7, 11) is 0. The van der Waals surface area contributed by atoms with Crippen LogP contribution < -0.4 is 5.73 Å². The van der Waals surface area contributed by atoms with Crippen molar-refractivity contribution in [2.45, 2.75) is 6.92 Å². The van der Waals surface area contributed by atoms with Crippen LogP contribution in [0.4, 0.5) is 0 Å². The van der Waals surface area contributed by atoms with Gasteiger partial charge in [-0.2, -0.15) is 5.10 Å². The second kappa shape index (κ2) is 6.28. The summed E-state index contributed by atoms with van der Waals surface area (Å²) in [5, 5.41) is 6.95. The normalized spacial score (nSPS) is 11.0. The first-order valence-corrected chi connectivity index (χ1v) is 8.43. The van der Waals surface area contributed by atoms with Gasteiger partial charge in [-0.05, 0) is 37.3 Å². The highest BCUT2D eigenvalue weighted by atomic mass is 35.5. The molecule has 0 unspecified atom stereocenters. The van der Waals surface area contributed by atoms with Crippen LogP contribution in [0.5, 0.6) is 0 Å². The predicted octanol–water partition coefficient (Wildman–Crippen LogP) is 4.15. The Morgan fingerprint density at radius 1 is 1.08 bits per heavy atom. The maximum atomic E-state index is 11.5. The molecular weight excluding hydrogens is 348 g/mol. The SMILES string of the molecule is Cc1cc(C(N)=O)nn1-c1cccc2c(-c3cccc(Cl)c3)nccc12. The maximum absolute atomic E-state index is 11.5. The van der Waals surface area contributed by atoms with Crippen molar-refractivity contribution in [3.05, 3.63) is 77.2 Å². The molecule has 0 saturated heterocycles. The summed E-state index contributed by atoms with van der Waals surface area (Å²) >= 11 is 6.14. The van der Waals surface area contributed by atoms with E-state index in [1.807, 2.05) is 55.5 Å². The van der Waals surface area contributed by atoms with Gasteiger partial charge in [0.2, 0.25) is 0 Å². The lowest BCUT2D eigenvalue weighted by Gasteiger charge is -2.11. The summed E-state index contributed by atoms with van der Waals surface area (Å²) in [4.78, 5) is 16.0. The van der Waals surface area contributed by atoms with Crippen LogP contribution in [-0.4, -0.2) is 20.7 Å². The molecule has 0 saturated carbocycles. The highest BCUT2D eigenvalue weighted by Crippen LogP contribution is 2.31. The first-order valence-electron chi connectivity index (χ1n) is 8.05. The molecule has 2 N–H and O–H groups in total. The molecule has 128 valence electrons. The van der Waals surface area contributed by atoms with Gasteiger partial charge in [-0.25, -0.2) is 4.68 Å². The van der Waals surface area contributed by atoms with Crippen LogP contribution in [-0.2, 0) is 0 Å². The molecule has 0 fully saturated rings. The van der Waals surface area contributed by atoms with Gasteiger partial charge in [-0.1, -0.05) is 35.9 Å². The molecule has 0 aliphatic heterocycles. The van der Waals surface area contributed by atoms with Gasteiger partial charge in [0.15, 0.2) is 5.69 Å². The Morgan fingerprint density at radius 3 is 2.62 bits per heavy atom. The largest absolute Gasteiger partial charge is 0.364 e. The lowest BCUT2D eigenvalue weighted by molar-refractivity contribution is 0.0995. The molecule has 0 radical (unpaired) electrons. The van der Waals surface area contributed by atoms with Gasteiger partial charge in [0.1, 0.15) is 0 Å². The number of aryl methyl sites for hydroxylation is 1. The third-order valence-corrected chi connectivity index (χ3v) is 4.48. The summed E-state index contributed by atoms with van der Waals surface area (Å²) in [6.07, 6.45) is 1.76. The molecule has 0 atom stereocenters. The lowest BCUT2D eigenvalue weighted by Crippen LogP contribution is -2.12. The minimum Gasteiger partial charge on any atom is -0.364 e. The fourth-order valence-electron chi connectivity index (χ4n) is 3.08. The van der Waals surface area contributed by atoms with E-state index in [-0.39, 0.29) is 5.69 Å². The molecule has 0 bridgehead atoms. The Morgan fingerprint density at radius 2 is 1.88 bits per heavy atom. The Labute approximate surface area is 155 Å². The van der Waals surface area contributed by atoms with E-state index in [1.54, 1.807) is 16.9 Å². The van der Waals surface area contributed by atoms with E-state index in [0.717, 1.165) is 33.4 Å². The van der Waals surface area contributed by atoms with Crippen LogP contribution in [0.3, 0.4) is 0 Å². The van der Waals surface area contributed by atoms with Crippen molar-refractivity contribution in [3.63, 3.8) is 0 Å². The number of carbonyl (C=O) groups is 1. The molecule has 4 rings (SSSR count). The van der Waals surface area contributed by atoms with Crippen LogP contribution in [0.1, 0.15) is 16.2 Å². The molecule has 2 aromatic heterocycles. The van der Waals surface area contributed by atoms with Gasteiger partial charge in [-0.3, -0.25) is 9.78 Å². The van der Waals surface area contributed by atoms with E-state index in [1.165, 1.54) is 0 Å². The zero-order valence-corrected chi connectivity index (χ0v) is 14.7. The van der Waals surface area contributed by atoms with Crippen molar-refractivity contribution in [2.75, 3.05) is 0 Å². The topological polar surface area (TPSA) is 73.8 Å². The number of amides is 1. The Balaban J connectivity index is 1.97. The summed E-state index contributed by atoms with van der Waals surface area (Å²) in [6.45, 7) is 1.89. The van der Waals surface area contributed by atoms with Gasteiger partial charge in [0.25, 0.3) is 5.91 Å². The average molecular weight is 363 g/mol. The number of fused-ring (bicyclic) bond motifs is 1. The fraction of sp³-hybridized carbons (Fsp3) is 0.0500. The molecule has 0 aliphatic carbocycles. The number of nitrogens with two attached hydrogens (primary N) is 1. The van der Waals surface area contributed by atoms with E-state index < -0.39 is 5.91 Å². The van der Waals surface area contributed by atoms with Crippen molar-refractivity contribution in [1.29, 1.82) is 0 Å². The van der Waals surface area contributed by atoms with Crippen LogP contribution in [0.25, 0.3) is 27.7 Å². The number of hydrogen-bond acceptors (Lipinski definition) is 3. The molecule has 5 nitrogen and oxygen atoms in total. The Kier molecular flexibility index (Phi) is 3.93. The summed E-state index contributed by atoms with van der Waals surface area (Å²) in [6, 6.07) is 17.1. The highest BCUT2D eigenvalue weighted by molar-refractivity contribution is 6.30. The van der Waals surface area contributed by atoms with Crippen LogP contribution in [0.15, 0.2) is 60.8 Å². The van der Waals surface area contributed by atoms with Gasteiger partial charge < -0.3 is 5.73 Å². The number of nitrogens with zero attached hydrogens (tertiary/aromatic N) is 3. The third kappa shape index (κ3) is 2.72. The average Bonchev–Trinajstić information content (AvgIpc) is 3.02. The number of pyridine rings is 1. The number of rotatable bonds is 3. The first kappa shape index (κ1) is 16.3. The predicted molar refractivity (Wildman–Crippen MR) is 103 cm³/mol. The molecule has 2 heterocycles. The zero-order chi connectivity index (χ0) is 18.3. The molecule has 0 spiro atoms. The molecule has 4 aromatic rings. The van der Waals surface area contributed by atoms with Crippen molar-refractivity contribution < 1.29 is 4.79 Å². The van der Waals surface area contributed by atoms with Gasteiger partial charge >= 0.3 is 0 Å². The summed E-state index contributed by atoms with van der Waals surface area (Å²) < 4.78 is 1.73. The number of halogens is 1. The monoisotopic (exact) mass is 362 g/mol. The number of aromatic nitrogens is 3. The molecule has 6 heteroatoms. The standard InChI is InChI=1S/C20H15ClN4O/c1-12-10-17(20(22)26)24-25(12)18-7-3-6-16-15(18)8-9-23-19(16)13-4-2-5-14(21)11-13/h2-11H,1H3,(H2,22,26). The van der Waals surface area contributed by atoms with E-state index in [4.69, 9.17) is 17.3 Å². The van der Waals surface area contributed by atoms with Gasteiger partial charge in [-0.15, -0.1) is 0 Å². The third-order valence-electron chi connectivity index (χ3n) is 4.25. The number of benzene rings is 2. The molecular formula is C20H15ClN4O. The quantitative estimate of drug-likeness (QED) is 0.595. The smallest absolute Gasteiger partial charge is 0.269 e. The van der Waals surface area contributed by atoms with Crippen molar-refractivity contribution >= 4 is 28.3 Å². The Bertz CT molecular complexity index is 1150. The van der Waals surface area contributed by atoms with E-state index in [0.29, 0.717) is 5.02 Å². The minimum atomic E-state index is -0.548. The van der Waals surface area contributed by atoms with E-state index >= 15 is 0 Å². The Hall–Kier alpha value is -3.18. The second-order valence-corrected chi connectivity index (χ2v) is 6.43. The zero-order valence-electron chi connectivity index (χ0n) is 14.0. The number of carbonyl (C=O) groups excluding carboxylic acids is 1. The molecule has 0 aliphatic rings. The van der Waals surface area contributed by atoms with Crippen molar-refractivity contribution in [3.8, 4) is 16.9 Å². The number of primary amides is 1. The van der Waals surface area contributed by atoms with Crippen LogP contribution in [0, 0.1) is 6.92 Å². The highest BCUT2D eigenvalue weighted by Gasteiger charge is 2.14. The van der Waals surface area contributed by atoms with E-state index in [9.17, 15) is 4.79 Å². The van der Waals surface area contributed by atoms with Gasteiger partial charge in [0.05, 0.1) is 11.4 Å².